The molecule has 0 bridgehead atoms. The zero-order valence-electron chi connectivity index (χ0n) is 10.2. The summed E-state index contributed by atoms with van der Waals surface area (Å²) in [6, 6.07) is 10.5. The van der Waals surface area contributed by atoms with E-state index < -0.39 is 0 Å². The fourth-order valence-corrected chi connectivity index (χ4v) is 2.23. The van der Waals surface area contributed by atoms with Gasteiger partial charge in [-0.2, -0.15) is 0 Å². The molecular formula is C14H12BrClN2O. The van der Waals surface area contributed by atoms with E-state index in [1.165, 1.54) is 0 Å². The summed E-state index contributed by atoms with van der Waals surface area (Å²) in [6.45, 7) is 1.93. The van der Waals surface area contributed by atoms with Crippen molar-refractivity contribution in [2.75, 3.05) is 11.1 Å². The maximum Gasteiger partial charge on any atom is 0.256 e. The summed E-state index contributed by atoms with van der Waals surface area (Å²) in [7, 11) is 0. The number of rotatable bonds is 2. The van der Waals surface area contributed by atoms with E-state index in [1.807, 2.05) is 19.1 Å². The second-order valence-electron chi connectivity index (χ2n) is 4.18. The summed E-state index contributed by atoms with van der Waals surface area (Å²) in [6.07, 6.45) is 0. The van der Waals surface area contributed by atoms with Gasteiger partial charge in [0.25, 0.3) is 5.91 Å². The summed E-state index contributed by atoms with van der Waals surface area (Å²) < 4.78 is 0.732. The lowest BCUT2D eigenvalue weighted by Crippen LogP contribution is -2.13. The number of hydrogen-bond donors (Lipinski definition) is 2. The van der Waals surface area contributed by atoms with E-state index in [1.54, 1.807) is 24.3 Å². The summed E-state index contributed by atoms with van der Waals surface area (Å²) in [5.41, 5.74) is 8.28. The van der Waals surface area contributed by atoms with Crippen LogP contribution >= 0.6 is 27.5 Å². The number of carbonyl (C=O) groups is 1. The van der Waals surface area contributed by atoms with Crippen LogP contribution in [0, 0.1) is 6.92 Å². The molecule has 2 aromatic rings. The van der Waals surface area contributed by atoms with Crippen molar-refractivity contribution in [2.24, 2.45) is 0 Å². The highest BCUT2D eigenvalue weighted by Gasteiger charge is 2.12. The van der Waals surface area contributed by atoms with Crippen LogP contribution in [0.1, 0.15) is 15.9 Å². The number of aryl methyl sites for hydroxylation is 1. The zero-order valence-corrected chi connectivity index (χ0v) is 12.5. The average molecular weight is 340 g/mol. The van der Waals surface area contributed by atoms with Gasteiger partial charge in [0.15, 0.2) is 0 Å². The van der Waals surface area contributed by atoms with Crippen molar-refractivity contribution < 1.29 is 4.79 Å². The number of benzene rings is 2. The second kappa shape index (κ2) is 5.63. The van der Waals surface area contributed by atoms with E-state index in [9.17, 15) is 4.79 Å². The van der Waals surface area contributed by atoms with Crippen LogP contribution in [-0.4, -0.2) is 5.91 Å². The van der Waals surface area contributed by atoms with Crippen molar-refractivity contribution in [1.82, 2.24) is 0 Å². The maximum atomic E-state index is 12.2. The van der Waals surface area contributed by atoms with Crippen molar-refractivity contribution in [3.8, 4) is 0 Å². The molecule has 0 aromatic heterocycles. The van der Waals surface area contributed by atoms with Gasteiger partial charge in [-0.1, -0.05) is 23.2 Å². The molecule has 19 heavy (non-hydrogen) atoms. The van der Waals surface area contributed by atoms with Gasteiger partial charge in [-0.05, 0) is 53.2 Å². The number of nitrogens with one attached hydrogen (secondary N) is 1. The molecule has 0 unspecified atom stereocenters. The number of nitrogen functional groups attached to an aromatic ring is 1. The quantitative estimate of drug-likeness (QED) is 0.804. The Balaban J connectivity index is 2.30. The molecule has 2 rings (SSSR count). The summed E-state index contributed by atoms with van der Waals surface area (Å²) in [5, 5.41) is 3.20. The van der Waals surface area contributed by atoms with Crippen molar-refractivity contribution in [2.45, 2.75) is 6.92 Å². The Bertz CT molecular complexity index is 643. The molecule has 98 valence electrons. The molecular weight excluding hydrogens is 328 g/mol. The Morgan fingerprint density at radius 3 is 2.74 bits per heavy atom. The first-order valence-corrected chi connectivity index (χ1v) is 6.77. The second-order valence-corrected chi connectivity index (χ2v) is 5.44. The van der Waals surface area contributed by atoms with Gasteiger partial charge in [0, 0.05) is 10.2 Å². The topological polar surface area (TPSA) is 55.1 Å². The first-order valence-electron chi connectivity index (χ1n) is 5.60. The van der Waals surface area contributed by atoms with Crippen LogP contribution in [0.5, 0.6) is 0 Å². The molecule has 0 fully saturated rings. The Hall–Kier alpha value is -1.52. The maximum absolute atomic E-state index is 12.2. The molecule has 0 aliphatic heterocycles. The van der Waals surface area contributed by atoms with Crippen LogP contribution in [0.2, 0.25) is 5.02 Å². The number of halogens is 2. The van der Waals surface area contributed by atoms with Gasteiger partial charge in [0.2, 0.25) is 0 Å². The lowest BCUT2D eigenvalue weighted by atomic mass is 10.1. The Morgan fingerprint density at radius 1 is 1.26 bits per heavy atom. The molecule has 5 heteroatoms. The Labute approximate surface area is 124 Å². The average Bonchev–Trinajstić information content (AvgIpc) is 2.36. The zero-order chi connectivity index (χ0) is 14.0. The van der Waals surface area contributed by atoms with Crippen LogP contribution in [0.25, 0.3) is 0 Å². The number of hydrogen-bond acceptors (Lipinski definition) is 2. The predicted molar refractivity (Wildman–Crippen MR) is 82.7 cm³/mol. The van der Waals surface area contributed by atoms with Crippen molar-refractivity contribution in [1.29, 1.82) is 0 Å². The van der Waals surface area contributed by atoms with E-state index in [0.717, 1.165) is 10.0 Å². The van der Waals surface area contributed by atoms with Crippen molar-refractivity contribution in [3.63, 3.8) is 0 Å². The van der Waals surface area contributed by atoms with E-state index in [-0.39, 0.29) is 5.91 Å². The monoisotopic (exact) mass is 338 g/mol. The molecule has 0 aliphatic carbocycles. The molecule has 0 atom stereocenters. The first-order chi connectivity index (χ1) is 8.97. The third-order valence-corrected chi connectivity index (χ3v) is 3.63. The summed E-state index contributed by atoms with van der Waals surface area (Å²) in [5.74, 6) is -0.233. The van der Waals surface area contributed by atoms with Gasteiger partial charge in [0.05, 0.1) is 16.3 Å². The minimum absolute atomic E-state index is 0.233. The fourth-order valence-electron chi connectivity index (χ4n) is 1.64. The minimum Gasteiger partial charge on any atom is -0.399 e. The van der Waals surface area contributed by atoms with Crippen molar-refractivity contribution >= 4 is 44.8 Å². The number of anilines is 2. The lowest BCUT2D eigenvalue weighted by Gasteiger charge is -2.10. The molecule has 0 heterocycles. The molecule has 2 aromatic carbocycles. The van der Waals surface area contributed by atoms with E-state index >= 15 is 0 Å². The standard InChI is InChI=1S/C14H12BrClN2O/c1-8-2-4-11(15)10(6-8)14(19)18-13-7-9(17)3-5-12(13)16/h2-7H,17H2,1H3,(H,18,19). The summed E-state index contributed by atoms with van der Waals surface area (Å²) >= 11 is 9.38. The Kier molecular flexibility index (Phi) is 4.12. The van der Waals surface area contributed by atoms with Gasteiger partial charge < -0.3 is 11.1 Å². The van der Waals surface area contributed by atoms with Crippen LogP contribution < -0.4 is 11.1 Å². The van der Waals surface area contributed by atoms with E-state index in [2.05, 4.69) is 21.2 Å². The van der Waals surface area contributed by atoms with Crippen molar-refractivity contribution in [3.05, 3.63) is 57.0 Å². The van der Waals surface area contributed by atoms with Crippen LogP contribution in [0.3, 0.4) is 0 Å². The smallest absolute Gasteiger partial charge is 0.256 e. The normalized spacial score (nSPS) is 10.3. The van der Waals surface area contributed by atoms with Gasteiger partial charge >= 0.3 is 0 Å². The Morgan fingerprint density at radius 2 is 2.00 bits per heavy atom. The molecule has 3 nitrogen and oxygen atoms in total. The van der Waals surface area contributed by atoms with E-state index in [4.69, 9.17) is 17.3 Å². The van der Waals surface area contributed by atoms with Gasteiger partial charge in [-0.15, -0.1) is 0 Å². The van der Waals surface area contributed by atoms with E-state index in [0.29, 0.717) is 22.0 Å². The number of amides is 1. The molecule has 0 saturated carbocycles. The predicted octanol–water partition coefficient (Wildman–Crippen LogP) is 4.25. The largest absolute Gasteiger partial charge is 0.399 e. The third-order valence-electron chi connectivity index (χ3n) is 2.61. The van der Waals surface area contributed by atoms with Gasteiger partial charge in [-0.25, -0.2) is 0 Å². The molecule has 0 aliphatic rings. The third kappa shape index (κ3) is 3.28. The first kappa shape index (κ1) is 13.9. The minimum atomic E-state index is -0.233. The summed E-state index contributed by atoms with van der Waals surface area (Å²) in [4.78, 5) is 12.2. The number of carbonyl (C=O) groups excluding carboxylic acids is 1. The SMILES string of the molecule is Cc1ccc(Br)c(C(=O)Nc2cc(N)ccc2Cl)c1. The highest BCUT2D eigenvalue weighted by molar-refractivity contribution is 9.10. The van der Waals surface area contributed by atoms with Gasteiger partial charge in [0.1, 0.15) is 0 Å². The van der Waals surface area contributed by atoms with Crippen LogP contribution in [0.15, 0.2) is 40.9 Å². The molecule has 3 N–H and O–H groups in total. The van der Waals surface area contributed by atoms with Crippen LogP contribution in [-0.2, 0) is 0 Å². The lowest BCUT2D eigenvalue weighted by molar-refractivity contribution is 0.102. The highest BCUT2D eigenvalue weighted by atomic mass is 79.9. The molecule has 0 saturated heterocycles. The molecule has 1 amide bonds. The fraction of sp³-hybridized carbons (Fsp3) is 0.0714. The number of nitrogens with two attached hydrogens (primary N) is 1. The van der Waals surface area contributed by atoms with Gasteiger partial charge in [-0.3, -0.25) is 4.79 Å². The highest BCUT2D eigenvalue weighted by Crippen LogP contribution is 2.26. The van der Waals surface area contributed by atoms with Crippen LogP contribution in [0.4, 0.5) is 11.4 Å². The molecule has 0 radical (unpaired) electrons. The molecule has 0 spiro atoms.